The van der Waals surface area contributed by atoms with E-state index in [0.29, 0.717) is 6.10 Å². The van der Waals surface area contributed by atoms with E-state index in [0.717, 1.165) is 12.2 Å². The van der Waals surface area contributed by atoms with Gasteiger partial charge in [0.25, 0.3) is 0 Å². The van der Waals surface area contributed by atoms with Crippen LogP contribution in [0.1, 0.15) is 57.1 Å². The van der Waals surface area contributed by atoms with E-state index in [2.05, 4.69) is 19.1 Å². The summed E-state index contributed by atoms with van der Waals surface area (Å²) in [6, 6.07) is 8.45. The zero-order valence-corrected chi connectivity index (χ0v) is 10.7. The van der Waals surface area contributed by atoms with Gasteiger partial charge in [0.05, 0.1) is 6.10 Å². The minimum absolute atomic E-state index is 0.157. The van der Waals surface area contributed by atoms with Crippen LogP contribution in [0.5, 0.6) is 5.75 Å². The number of hydrogen-bond acceptors (Lipinski definition) is 2. The fourth-order valence-electron chi connectivity index (χ4n) is 1.98. The molecule has 1 aromatic rings. The summed E-state index contributed by atoms with van der Waals surface area (Å²) >= 11 is 0. The second kappa shape index (κ2) is 6.06. The summed E-state index contributed by atoms with van der Waals surface area (Å²) in [6.07, 6.45) is 7.66. The van der Waals surface area contributed by atoms with Gasteiger partial charge in [-0.25, -0.2) is 0 Å². The van der Waals surface area contributed by atoms with Crippen molar-refractivity contribution in [1.82, 2.24) is 0 Å². The molecule has 1 unspecified atom stereocenters. The van der Waals surface area contributed by atoms with E-state index in [1.807, 2.05) is 12.1 Å². The third-order valence-corrected chi connectivity index (χ3v) is 3.23. The highest BCUT2D eigenvalue weighted by Gasteiger charge is 2.23. The van der Waals surface area contributed by atoms with Gasteiger partial charge < -0.3 is 10.5 Å². The average molecular weight is 233 g/mol. The van der Waals surface area contributed by atoms with Crippen molar-refractivity contribution in [2.75, 3.05) is 0 Å². The van der Waals surface area contributed by atoms with Crippen LogP contribution in [0, 0.1) is 0 Å². The van der Waals surface area contributed by atoms with E-state index < -0.39 is 0 Å². The van der Waals surface area contributed by atoms with Crippen molar-refractivity contribution in [3.8, 4) is 5.75 Å². The lowest BCUT2D eigenvalue weighted by molar-refractivity contribution is 0.302. The van der Waals surface area contributed by atoms with Crippen LogP contribution in [0.3, 0.4) is 0 Å². The Labute approximate surface area is 104 Å². The SMILES string of the molecule is CCCCCC(N)c1cccc(OC2CC2)c1. The molecule has 0 aliphatic heterocycles. The largest absolute Gasteiger partial charge is 0.490 e. The molecule has 1 aliphatic carbocycles. The molecule has 2 heteroatoms. The van der Waals surface area contributed by atoms with Gasteiger partial charge in [0.2, 0.25) is 0 Å². The molecule has 1 atom stereocenters. The van der Waals surface area contributed by atoms with Crippen LogP contribution >= 0.6 is 0 Å². The van der Waals surface area contributed by atoms with Gasteiger partial charge in [0.15, 0.2) is 0 Å². The van der Waals surface area contributed by atoms with Crippen LogP contribution in [-0.4, -0.2) is 6.10 Å². The first-order chi connectivity index (χ1) is 8.29. The first-order valence-corrected chi connectivity index (χ1v) is 6.82. The molecule has 1 aromatic carbocycles. The molecule has 2 rings (SSSR count). The van der Waals surface area contributed by atoms with Gasteiger partial charge in [-0.3, -0.25) is 0 Å². The molecule has 94 valence electrons. The Morgan fingerprint density at radius 1 is 1.35 bits per heavy atom. The first kappa shape index (κ1) is 12.4. The maximum atomic E-state index is 6.20. The van der Waals surface area contributed by atoms with Gasteiger partial charge >= 0.3 is 0 Å². The summed E-state index contributed by atoms with van der Waals surface area (Å²) in [5, 5.41) is 0. The second-order valence-corrected chi connectivity index (χ2v) is 4.99. The predicted octanol–water partition coefficient (Wildman–Crippen LogP) is 3.81. The van der Waals surface area contributed by atoms with Gasteiger partial charge in [-0.1, -0.05) is 38.3 Å². The first-order valence-electron chi connectivity index (χ1n) is 6.82. The van der Waals surface area contributed by atoms with E-state index in [4.69, 9.17) is 10.5 Å². The van der Waals surface area contributed by atoms with Crippen molar-refractivity contribution in [2.45, 2.75) is 57.6 Å². The summed E-state index contributed by atoms with van der Waals surface area (Å²) < 4.78 is 5.79. The Morgan fingerprint density at radius 2 is 2.18 bits per heavy atom. The van der Waals surface area contributed by atoms with Crippen molar-refractivity contribution >= 4 is 0 Å². The molecule has 0 saturated heterocycles. The Kier molecular flexibility index (Phi) is 4.43. The second-order valence-electron chi connectivity index (χ2n) is 4.99. The van der Waals surface area contributed by atoms with E-state index in [9.17, 15) is 0 Å². The van der Waals surface area contributed by atoms with Crippen molar-refractivity contribution in [1.29, 1.82) is 0 Å². The lowest BCUT2D eigenvalue weighted by atomic mass is 10.0. The van der Waals surface area contributed by atoms with E-state index in [-0.39, 0.29) is 6.04 Å². The highest BCUT2D eigenvalue weighted by molar-refractivity contribution is 5.30. The molecule has 1 saturated carbocycles. The number of ether oxygens (including phenoxy) is 1. The van der Waals surface area contributed by atoms with Gasteiger partial charge in [0, 0.05) is 6.04 Å². The van der Waals surface area contributed by atoms with Gasteiger partial charge in [0.1, 0.15) is 5.75 Å². The number of hydrogen-bond donors (Lipinski definition) is 1. The van der Waals surface area contributed by atoms with Crippen molar-refractivity contribution in [2.24, 2.45) is 5.73 Å². The highest BCUT2D eigenvalue weighted by atomic mass is 16.5. The molecule has 0 spiro atoms. The molecule has 1 aliphatic rings. The third kappa shape index (κ3) is 4.04. The summed E-state index contributed by atoms with van der Waals surface area (Å²) in [6.45, 7) is 2.22. The minimum Gasteiger partial charge on any atom is -0.490 e. The number of benzene rings is 1. The number of nitrogens with two attached hydrogens (primary N) is 1. The van der Waals surface area contributed by atoms with Gasteiger partial charge in [-0.2, -0.15) is 0 Å². The molecule has 0 heterocycles. The summed E-state index contributed by atoms with van der Waals surface area (Å²) in [5.74, 6) is 0.982. The fraction of sp³-hybridized carbons (Fsp3) is 0.600. The van der Waals surface area contributed by atoms with Crippen LogP contribution in [-0.2, 0) is 0 Å². The monoisotopic (exact) mass is 233 g/mol. The Bertz CT molecular complexity index is 347. The molecule has 2 N–H and O–H groups in total. The van der Waals surface area contributed by atoms with Crippen LogP contribution in [0.2, 0.25) is 0 Å². The third-order valence-electron chi connectivity index (χ3n) is 3.23. The van der Waals surface area contributed by atoms with E-state index in [1.54, 1.807) is 0 Å². The molecule has 0 radical (unpaired) electrons. The molecule has 1 fully saturated rings. The van der Waals surface area contributed by atoms with Crippen LogP contribution in [0.15, 0.2) is 24.3 Å². The normalized spacial score (nSPS) is 16.8. The molecule has 0 amide bonds. The zero-order valence-electron chi connectivity index (χ0n) is 10.7. The zero-order chi connectivity index (χ0) is 12.1. The van der Waals surface area contributed by atoms with Crippen molar-refractivity contribution < 1.29 is 4.74 Å². The minimum atomic E-state index is 0.157. The topological polar surface area (TPSA) is 35.2 Å². The van der Waals surface area contributed by atoms with E-state index >= 15 is 0 Å². The van der Waals surface area contributed by atoms with Gasteiger partial charge in [-0.15, -0.1) is 0 Å². The highest BCUT2D eigenvalue weighted by Crippen LogP contribution is 2.28. The predicted molar refractivity (Wildman–Crippen MR) is 71.2 cm³/mol. The quantitative estimate of drug-likeness (QED) is 0.727. The number of rotatable bonds is 7. The summed E-state index contributed by atoms with van der Waals surface area (Å²) in [7, 11) is 0. The maximum Gasteiger partial charge on any atom is 0.120 e. The molecular weight excluding hydrogens is 210 g/mol. The Morgan fingerprint density at radius 3 is 2.88 bits per heavy atom. The lowest BCUT2D eigenvalue weighted by Gasteiger charge is -2.13. The molecule has 17 heavy (non-hydrogen) atoms. The molecule has 0 aromatic heterocycles. The van der Waals surface area contributed by atoms with Gasteiger partial charge in [-0.05, 0) is 37.0 Å². The summed E-state index contributed by atoms with van der Waals surface area (Å²) in [5.41, 5.74) is 7.40. The molecular formula is C15H23NO. The molecule has 0 bridgehead atoms. The standard InChI is InChI=1S/C15H23NO/c1-2-3-4-8-15(16)12-6-5-7-14(11-12)17-13-9-10-13/h5-7,11,13,15H,2-4,8-10,16H2,1H3. The maximum absolute atomic E-state index is 6.20. The van der Waals surface area contributed by atoms with E-state index in [1.165, 1.54) is 37.7 Å². The van der Waals surface area contributed by atoms with Crippen molar-refractivity contribution in [3.63, 3.8) is 0 Å². The van der Waals surface area contributed by atoms with Crippen LogP contribution < -0.4 is 10.5 Å². The average Bonchev–Trinajstić information content (AvgIpc) is 3.13. The Balaban J connectivity index is 1.89. The Hall–Kier alpha value is -1.02. The van der Waals surface area contributed by atoms with Crippen molar-refractivity contribution in [3.05, 3.63) is 29.8 Å². The number of unbranched alkanes of at least 4 members (excludes halogenated alkanes) is 2. The van der Waals surface area contributed by atoms with Crippen LogP contribution in [0.25, 0.3) is 0 Å². The summed E-state index contributed by atoms with van der Waals surface area (Å²) in [4.78, 5) is 0. The molecule has 2 nitrogen and oxygen atoms in total. The smallest absolute Gasteiger partial charge is 0.120 e. The lowest BCUT2D eigenvalue weighted by Crippen LogP contribution is -2.10. The fourth-order valence-corrected chi connectivity index (χ4v) is 1.98. The van der Waals surface area contributed by atoms with Crippen LogP contribution in [0.4, 0.5) is 0 Å².